The predicted octanol–water partition coefficient (Wildman–Crippen LogP) is 6.07. The summed E-state index contributed by atoms with van der Waals surface area (Å²) < 4.78 is 5.65. The van der Waals surface area contributed by atoms with Crippen LogP contribution in [-0.2, 0) is 9.53 Å². The van der Waals surface area contributed by atoms with Crippen molar-refractivity contribution in [3.8, 4) is 0 Å². The molecule has 0 amide bonds. The number of hydrogen-bond donors (Lipinski definition) is 0. The van der Waals surface area contributed by atoms with Crippen molar-refractivity contribution >= 4 is 5.97 Å². The number of unbranched alkanes of at least 4 members (excludes halogenated alkanes) is 5. The fourth-order valence-corrected chi connectivity index (χ4v) is 2.72. The Hall–Kier alpha value is -1.31. The standard InChI is InChI=1S/C20H32O2/c1-4-6-7-8-9-11-14-18(5-2)20(21)22-17(3)19-15-12-10-13-16-19/h10,12-13,15-18H,4-9,11,14H2,1-3H3. The molecule has 2 unspecified atom stereocenters. The molecule has 0 saturated heterocycles. The lowest BCUT2D eigenvalue weighted by molar-refractivity contribution is -0.154. The second-order valence-electron chi connectivity index (χ2n) is 6.15. The summed E-state index contributed by atoms with van der Waals surface area (Å²) in [5.74, 6) is 0.0183. The lowest BCUT2D eigenvalue weighted by atomic mass is 9.98. The van der Waals surface area contributed by atoms with E-state index in [1.807, 2.05) is 37.3 Å². The van der Waals surface area contributed by atoms with Crippen LogP contribution in [0.4, 0.5) is 0 Å². The molecule has 0 spiro atoms. The summed E-state index contributed by atoms with van der Waals surface area (Å²) in [5, 5.41) is 0. The molecule has 0 heterocycles. The van der Waals surface area contributed by atoms with Gasteiger partial charge in [0.2, 0.25) is 0 Å². The van der Waals surface area contributed by atoms with Crippen molar-refractivity contribution in [2.45, 2.75) is 78.2 Å². The lowest BCUT2D eigenvalue weighted by Crippen LogP contribution is -2.19. The largest absolute Gasteiger partial charge is 0.458 e. The molecule has 2 heteroatoms. The minimum Gasteiger partial charge on any atom is -0.458 e. The lowest BCUT2D eigenvalue weighted by Gasteiger charge is -2.18. The number of esters is 1. The fourth-order valence-electron chi connectivity index (χ4n) is 2.72. The number of carbonyl (C=O) groups is 1. The number of benzene rings is 1. The van der Waals surface area contributed by atoms with Crippen molar-refractivity contribution in [2.24, 2.45) is 5.92 Å². The van der Waals surface area contributed by atoms with Crippen LogP contribution in [0.5, 0.6) is 0 Å². The zero-order valence-electron chi connectivity index (χ0n) is 14.5. The van der Waals surface area contributed by atoms with E-state index in [0.717, 1.165) is 24.8 Å². The molecule has 0 radical (unpaired) electrons. The first-order valence-corrected chi connectivity index (χ1v) is 8.94. The van der Waals surface area contributed by atoms with Crippen LogP contribution in [-0.4, -0.2) is 5.97 Å². The molecule has 1 aromatic rings. The molecule has 2 atom stereocenters. The first-order valence-electron chi connectivity index (χ1n) is 8.94. The summed E-state index contributed by atoms with van der Waals surface area (Å²) in [5.41, 5.74) is 1.06. The molecular formula is C20H32O2. The minimum atomic E-state index is -0.160. The van der Waals surface area contributed by atoms with Gasteiger partial charge in [0.05, 0.1) is 5.92 Å². The normalized spacial score (nSPS) is 13.6. The van der Waals surface area contributed by atoms with E-state index in [1.54, 1.807) is 0 Å². The van der Waals surface area contributed by atoms with Gasteiger partial charge in [0, 0.05) is 0 Å². The molecule has 124 valence electrons. The Labute approximate surface area is 136 Å². The molecule has 1 aromatic carbocycles. The predicted molar refractivity (Wildman–Crippen MR) is 92.7 cm³/mol. The first-order chi connectivity index (χ1) is 10.7. The van der Waals surface area contributed by atoms with Crippen LogP contribution in [0.3, 0.4) is 0 Å². The van der Waals surface area contributed by atoms with Crippen molar-refractivity contribution in [3.63, 3.8) is 0 Å². The Kier molecular flexibility index (Phi) is 9.61. The molecule has 0 bridgehead atoms. The molecule has 0 saturated carbocycles. The van der Waals surface area contributed by atoms with Crippen LogP contribution in [0.2, 0.25) is 0 Å². The van der Waals surface area contributed by atoms with E-state index in [1.165, 1.54) is 32.1 Å². The number of rotatable bonds is 11. The second kappa shape index (κ2) is 11.3. The van der Waals surface area contributed by atoms with E-state index >= 15 is 0 Å². The number of hydrogen-bond acceptors (Lipinski definition) is 2. The van der Waals surface area contributed by atoms with E-state index in [-0.39, 0.29) is 18.0 Å². The van der Waals surface area contributed by atoms with Gasteiger partial charge in [-0.1, -0.05) is 82.7 Å². The van der Waals surface area contributed by atoms with E-state index in [9.17, 15) is 4.79 Å². The van der Waals surface area contributed by atoms with E-state index < -0.39 is 0 Å². The average Bonchev–Trinajstić information content (AvgIpc) is 2.55. The Balaban J connectivity index is 2.31. The smallest absolute Gasteiger partial charge is 0.309 e. The summed E-state index contributed by atoms with van der Waals surface area (Å²) in [7, 11) is 0. The van der Waals surface area contributed by atoms with Gasteiger partial charge < -0.3 is 4.74 Å². The van der Waals surface area contributed by atoms with Gasteiger partial charge in [-0.15, -0.1) is 0 Å². The maximum Gasteiger partial charge on any atom is 0.309 e. The zero-order valence-corrected chi connectivity index (χ0v) is 14.5. The van der Waals surface area contributed by atoms with Gasteiger partial charge in [-0.2, -0.15) is 0 Å². The third-order valence-electron chi connectivity index (χ3n) is 4.29. The van der Waals surface area contributed by atoms with Gasteiger partial charge in [-0.05, 0) is 25.3 Å². The SMILES string of the molecule is CCCCCCCCC(CC)C(=O)OC(C)c1ccccc1. The van der Waals surface area contributed by atoms with Gasteiger partial charge >= 0.3 is 5.97 Å². The van der Waals surface area contributed by atoms with Crippen molar-refractivity contribution in [1.82, 2.24) is 0 Å². The highest BCUT2D eigenvalue weighted by Crippen LogP contribution is 2.22. The van der Waals surface area contributed by atoms with Crippen LogP contribution in [0, 0.1) is 5.92 Å². The Bertz CT molecular complexity index is 399. The molecule has 22 heavy (non-hydrogen) atoms. The van der Waals surface area contributed by atoms with Crippen LogP contribution in [0.25, 0.3) is 0 Å². The van der Waals surface area contributed by atoms with E-state index in [0.29, 0.717) is 0 Å². The van der Waals surface area contributed by atoms with Gasteiger partial charge in [0.15, 0.2) is 0 Å². The summed E-state index contributed by atoms with van der Waals surface area (Å²) in [6.07, 6.45) is 9.26. The highest BCUT2D eigenvalue weighted by molar-refractivity contribution is 5.72. The average molecular weight is 304 g/mol. The quantitative estimate of drug-likeness (QED) is 0.366. The summed E-state index contributed by atoms with van der Waals surface area (Å²) >= 11 is 0. The van der Waals surface area contributed by atoms with Gasteiger partial charge in [0.1, 0.15) is 6.10 Å². The monoisotopic (exact) mass is 304 g/mol. The second-order valence-corrected chi connectivity index (χ2v) is 6.15. The molecule has 0 fully saturated rings. The van der Waals surface area contributed by atoms with E-state index in [4.69, 9.17) is 4.74 Å². The zero-order chi connectivity index (χ0) is 16.2. The molecule has 0 aliphatic heterocycles. The molecule has 1 rings (SSSR count). The topological polar surface area (TPSA) is 26.3 Å². The van der Waals surface area contributed by atoms with Crippen molar-refractivity contribution < 1.29 is 9.53 Å². The van der Waals surface area contributed by atoms with E-state index in [2.05, 4.69) is 13.8 Å². The molecule has 2 nitrogen and oxygen atoms in total. The summed E-state index contributed by atoms with van der Waals surface area (Å²) in [6.45, 7) is 6.26. The van der Waals surface area contributed by atoms with Crippen LogP contribution < -0.4 is 0 Å². The van der Waals surface area contributed by atoms with Crippen molar-refractivity contribution in [1.29, 1.82) is 0 Å². The molecular weight excluding hydrogens is 272 g/mol. The molecule has 0 aliphatic rings. The maximum atomic E-state index is 12.3. The van der Waals surface area contributed by atoms with Gasteiger partial charge in [0.25, 0.3) is 0 Å². The number of ether oxygens (including phenoxy) is 1. The Morgan fingerprint density at radius 1 is 1.00 bits per heavy atom. The molecule has 0 aromatic heterocycles. The third-order valence-corrected chi connectivity index (χ3v) is 4.29. The summed E-state index contributed by atoms with van der Waals surface area (Å²) in [4.78, 5) is 12.3. The van der Waals surface area contributed by atoms with Crippen LogP contribution >= 0.6 is 0 Å². The highest BCUT2D eigenvalue weighted by Gasteiger charge is 2.20. The van der Waals surface area contributed by atoms with Crippen molar-refractivity contribution in [2.75, 3.05) is 0 Å². The summed E-state index contributed by atoms with van der Waals surface area (Å²) in [6, 6.07) is 9.95. The van der Waals surface area contributed by atoms with Crippen molar-refractivity contribution in [3.05, 3.63) is 35.9 Å². The number of carbonyl (C=O) groups excluding carboxylic acids is 1. The highest BCUT2D eigenvalue weighted by atomic mass is 16.5. The Morgan fingerprint density at radius 3 is 2.27 bits per heavy atom. The Morgan fingerprint density at radius 2 is 1.64 bits per heavy atom. The fraction of sp³-hybridized carbons (Fsp3) is 0.650. The third kappa shape index (κ3) is 7.11. The van der Waals surface area contributed by atoms with Gasteiger partial charge in [-0.25, -0.2) is 0 Å². The molecule has 0 aliphatic carbocycles. The van der Waals surface area contributed by atoms with Crippen LogP contribution in [0.1, 0.15) is 83.8 Å². The van der Waals surface area contributed by atoms with Crippen LogP contribution in [0.15, 0.2) is 30.3 Å². The maximum absolute atomic E-state index is 12.3. The minimum absolute atomic E-state index is 0.0348. The first kappa shape index (κ1) is 18.7. The molecule has 0 N–H and O–H groups in total. The van der Waals surface area contributed by atoms with Gasteiger partial charge in [-0.3, -0.25) is 4.79 Å².